The maximum absolute atomic E-state index is 12.3. The first-order valence-electron chi connectivity index (χ1n) is 12.4. The minimum Gasteiger partial charge on any atom is -0.489 e. The average molecular weight is 566 g/mol. The van der Waals surface area contributed by atoms with Gasteiger partial charge in [-0.2, -0.15) is 18.2 Å². The summed E-state index contributed by atoms with van der Waals surface area (Å²) in [7, 11) is 0. The molecule has 0 radical (unpaired) electrons. The predicted molar refractivity (Wildman–Crippen MR) is 136 cm³/mol. The van der Waals surface area contributed by atoms with E-state index in [2.05, 4.69) is 20.2 Å². The van der Waals surface area contributed by atoms with Gasteiger partial charge < -0.3 is 19.3 Å². The molecule has 39 heavy (non-hydrogen) atoms. The van der Waals surface area contributed by atoms with Crippen LogP contribution in [-0.4, -0.2) is 40.9 Å². The summed E-state index contributed by atoms with van der Waals surface area (Å²) < 4.78 is 51.9. The summed E-state index contributed by atoms with van der Waals surface area (Å²) >= 11 is 6.35. The van der Waals surface area contributed by atoms with Crippen LogP contribution in [0, 0.1) is 6.92 Å². The normalized spacial score (nSPS) is 15.2. The monoisotopic (exact) mass is 565 g/mol. The van der Waals surface area contributed by atoms with E-state index in [1.54, 1.807) is 18.2 Å². The fourth-order valence-electron chi connectivity index (χ4n) is 4.51. The van der Waals surface area contributed by atoms with Gasteiger partial charge in [-0.05, 0) is 81.5 Å². The van der Waals surface area contributed by atoms with Crippen molar-refractivity contribution in [3.8, 4) is 28.6 Å². The summed E-state index contributed by atoms with van der Waals surface area (Å²) in [5.41, 5.74) is 4.59. The van der Waals surface area contributed by atoms with E-state index in [1.807, 2.05) is 32.9 Å². The SMILES string of the molecule is Cc1c(-c2noc(-c3ccc(OC(C)C)c(Cl)c3)n2)ccc2c1CCNC2CCCC(=O)OC(=O)C(F)(F)F. The van der Waals surface area contributed by atoms with Gasteiger partial charge in [0.15, 0.2) is 0 Å². The number of hydrogen-bond acceptors (Lipinski definition) is 8. The summed E-state index contributed by atoms with van der Waals surface area (Å²) in [6.45, 7) is 6.48. The Morgan fingerprint density at radius 1 is 1.23 bits per heavy atom. The van der Waals surface area contributed by atoms with Gasteiger partial charge in [0.25, 0.3) is 5.89 Å². The Hall–Kier alpha value is -3.44. The van der Waals surface area contributed by atoms with E-state index in [4.69, 9.17) is 20.9 Å². The van der Waals surface area contributed by atoms with Crippen LogP contribution in [0.1, 0.15) is 55.8 Å². The van der Waals surface area contributed by atoms with Crippen molar-refractivity contribution < 1.29 is 36.8 Å². The van der Waals surface area contributed by atoms with E-state index in [0.29, 0.717) is 41.0 Å². The van der Waals surface area contributed by atoms with Crippen LogP contribution in [0.25, 0.3) is 22.8 Å². The minimum atomic E-state index is -5.20. The van der Waals surface area contributed by atoms with Crippen LogP contribution < -0.4 is 10.1 Å². The first-order valence-corrected chi connectivity index (χ1v) is 12.8. The molecular formula is C27H27ClF3N3O5. The second-order valence-corrected chi connectivity index (χ2v) is 9.86. The van der Waals surface area contributed by atoms with Gasteiger partial charge in [0, 0.05) is 23.6 Å². The summed E-state index contributed by atoms with van der Waals surface area (Å²) in [6.07, 6.45) is -4.04. The molecule has 0 bridgehead atoms. The molecule has 2 aromatic carbocycles. The molecule has 1 atom stereocenters. The van der Waals surface area contributed by atoms with E-state index in [-0.39, 0.29) is 25.0 Å². The van der Waals surface area contributed by atoms with Crippen molar-refractivity contribution in [3.05, 3.63) is 52.0 Å². The van der Waals surface area contributed by atoms with Crippen LogP contribution in [0.15, 0.2) is 34.9 Å². The molecule has 4 rings (SSSR count). The van der Waals surface area contributed by atoms with Gasteiger partial charge >= 0.3 is 18.1 Å². The topological polar surface area (TPSA) is 104 Å². The standard InChI is InChI=1S/C27H27ClF3N3O5/c1-14(2)37-22-10-7-16(13-20(22)28)25-33-24(34-39-25)18-8-9-19-17(15(18)3)11-12-32-21(19)5-4-6-23(35)38-26(36)27(29,30)31/h7-10,13-14,21,32H,4-6,11-12H2,1-3H3. The predicted octanol–water partition coefficient (Wildman–Crippen LogP) is 6.14. The summed E-state index contributed by atoms with van der Waals surface area (Å²) in [6, 6.07) is 9.00. The Morgan fingerprint density at radius 2 is 2.00 bits per heavy atom. The van der Waals surface area contributed by atoms with Crippen LogP contribution in [0.4, 0.5) is 13.2 Å². The Kier molecular flexibility index (Phi) is 8.60. The van der Waals surface area contributed by atoms with Crippen molar-refractivity contribution in [2.45, 2.75) is 64.8 Å². The number of rotatable bonds is 8. The Labute approximate surface area is 227 Å². The van der Waals surface area contributed by atoms with Crippen LogP contribution in [-0.2, 0) is 20.7 Å². The number of fused-ring (bicyclic) bond motifs is 1. The first-order chi connectivity index (χ1) is 18.4. The molecule has 208 valence electrons. The minimum absolute atomic E-state index is 0.0180. The third kappa shape index (κ3) is 6.77. The molecule has 1 N–H and O–H groups in total. The van der Waals surface area contributed by atoms with E-state index in [1.165, 1.54) is 0 Å². The highest BCUT2D eigenvalue weighted by atomic mass is 35.5. The highest BCUT2D eigenvalue weighted by molar-refractivity contribution is 6.32. The molecule has 1 unspecified atom stereocenters. The molecule has 1 aliphatic heterocycles. The van der Waals surface area contributed by atoms with Crippen LogP contribution in [0.2, 0.25) is 5.02 Å². The van der Waals surface area contributed by atoms with Gasteiger partial charge in [0.2, 0.25) is 5.82 Å². The third-order valence-corrected chi connectivity index (χ3v) is 6.59. The van der Waals surface area contributed by atoms with Crippen molar-refractivity contribution in [3.63, 3.8) is 0 Å². The van der Waals surface area contributed by atoms with Gasteiger partial charge in [-0.15, -0.1) is 0 Å². The quantitative estimate of drug-likeness (QED) is 0.256. The molecule has 0 saturated heterocycles. The van der Waals surface area contributed by atoms with Gasteiger partial charge in [0.1, 0.15) is 5.75 Å². The molecule has 0 fully saturated rings. The zero-order valence-electron chi connectivity index (χ0n) is 21.5. The zero-order chi connectivity index (χ0) is 28.3. The van der Waals surface area contributed by atoms with Crippen LogP contribution in [0.3, 0.4) is 0 Å². The van der Waals surface area contributed by atoms with E-state index < -0.39 is 18.1 Å². The molecule has 0 spiro atoms. The fraction of sp³-hybridized carbons (Fsp3) is 0.407. The third-order valence-electron chi connectivity index (χ3n) is 6.30. The lowest BCUT2D eigenvalue weighted by molar-refractivity contribution is -0.201. The number of hydrogen-bond donors (Lipinski definition) is 1. The lowest BCUT2D eigenvalue weighted by Gasteiger charge is -2.29. The summed E-state index contributed by atoms with van der Waals surface area (Å²) in [5.74, 6) is -2.39. The Balaban J connectivity index is 1.45. The number of esters is 2. The second-order valence-electron chi connectivity index (χ2n) is 9.45. The zero-order valence-corrected chi connectivity index (χ0v) is 22.3. The molecule has 0 amide bonds. The van der Waals surface area contributed by atoms with Crippen molar-refractivity contribution >= 4 is 23.5 Å². The number of nitrogens with one attached hydrogen (secondary N) is 1. The maximum Gasteiger partial charge on any atom is 0.491 e. The van der Waals surface area contributed by atoms with Gasteiger partial charge in [0.05, 0.1) is 11.1 Å². The number of carbonyl (C=O) groups is 2. The van der Waals surface area contributed by atoms with Gasteiger partial charge in [-0.1, -0.05) is 28.9 Å². The van der Waals surface area contributed by atoms with Crippen molar-refractivity contribution in [1.29, 1.82) is 0 Å². The molecule has 0 saturated carbocycles. The highest BCUT2D eigenvalue weighted by Gasteiger charge is 2.42. The Morgan fingerprint density at radius 3 is 2.69 bits per heavy atom. The Bertz CT molecular complexity index is 1370. The fourth-order valence-corrected chi connectivity index (χ4v) is 4.74. The number of alkyl halides is 3. The van der Waals surface area contributed by atoms with Crippen LogP contribution in [0.5, 0.6) is 5.75 Å². The van der Waals surface area contributed by atoms with Crippen molar-refractivity contribution in [2.75, 3.05) is 6.54 Å². The molecule has 1 aliphatic rings. The van der Waals surface area contributed by atoms with Gasteiger partial charge in [-0.25, -0.2) is 4.79 Å². The number of benzene rings is 2. The molecule has 8 nitrogen and oxygen atoms in total. The smallest absolute Gasteiger partial charge is 0.489 e. The molecule has 2 heterocycles. The lowest BCUT2D eigenvalue weighted by atomic mass is 9.86. The van der Waals surface area contributed by atoms with Gasteiger partial charge in [-0.3, -0.25) is 4.79 Å². The molecule has 0 aliphatic carbocycles. The summed E-state index contributed by atoms with van der Waals surface area (Å²) in [5, 5.41) is 7.98. The van der Waals surface area contributed by atoms with Crippen molar-refractivity contribution in [2.24, 2.45) is 0 Å². The molecular weight excluding hydrogens is 539 g/mol. The first kappa shape index (κ1) is 28.6. The molecule has 12 heteroatoms. The second kappa shape index (κ2) is 11.7. The molecule has 3 aromatic rings. The number of carbonyl (C=O) groups excluding carboxylic acids is 2. The van der Waals surface area contributed by atoms with Crippen molar-refractivity contribution in [1.82, 2.24) is 15.5 Å². The van der Waals surface area contributed by atoms with E-state index in [9.17, 15) is 22.8 Å². The number of aromatic nitrogens is 2. The highest BCUT2D eigenvalue weighted by Crippen LogP contribution is 2.35. The largest absolute Gasteiger partial charge is 0.491 e. The van der Waals surface area contributed by atoms with E-state index >= 15 is 0 Å². The average Bonchev–Trinajstić information content (AvgIpc) is 3.35. The lowest BCUT2D eigenvalue weighted by Crippen LogP contribution is -2.31. The van der Waals surface area contributed by atoms with Crippen LogP contribution >= 0.6 is 11.6 Å². The maximum atomic E-state index is 12.3. The summed E-state index contributed by atoms with van der Waals surface area (Å²) in [4.78, 5) is 27.0. The number of nitrogens with zero attached hydrogens (tertiary/aromatic N) is 2. The van der Waals surface area contributed by atoms with E-state index in [0.717, 1.165) is 28.7 Å². The number of halogens is 4. The molecule has 1 aromatic heterocycles. The number of ether oxygens (including phenoxy) is 2.